The van der Waals surface area contributed by atoms with Gasteiger partial charge >= 0.3 is 0 Å². The number of benzene rings is 2. The maximum absolute atomic E-state index is 12.6. The van der Waals surface area contributed by atoms with Crippen LogP contribution < -0.4 is 4.90 Å². The minimum atomic E-state index is 0.101. The zero-order valence-corrected chi connectivity index (χ0v) is 12.8. The average Bonchev–Trinajstić information content (AvgIpc) is 2.88. The van der Waals surface area contributed by atoms with Gasteiger partial charge in [0.2, 0.25) is 5.91 Å². The molecule has 0 aliphatic carbocycles. The predicted molar refractivity (Wildman–Crippen MR) is 89.0 cm³/mol. The monoisotopic (exact) mass is 293 g/mol. The van der Waals surface area contributed by atoms with Crippen molar-refractivity contribution in [2.45, 2.75) is 20.3 Å². The molecule has 3 aromatic rings. The van der Waals surface area contributed by atoms with Gasteiger partial charge in [-0.25, -0.2) is 4.98 Å². The van der Waals surface area contributed by atoms with Crippen molar-refractivity contribution in [3.8, 4) is 0 Å². The number of nitrogens with zero attached hydrogens (tertiary/aromatic N) is 2. The molecule has 0 saturated carbocycles. The van der Waals surface area contributed by atoms with E-state index in [0.29, 0.717) is 13.0 Å². The van der Waals surface area contributed by atoms with Crippen LogP contribution in [0.1, 0.15) is 18.3 Å². The van der Waals surface area contributed by atoms with E-state index in [1.807, 2.05) is 67.3 Å². The third-order valence-electron chi connectivity index (χ3n) is 3.71. The lowest BCUT2D eigenvalue weighted by atomic mass is 10.1. The van der Waals surface area contributed by atoms with E-state index in [-0.39, 0.29) is 5.91 Å². The Hall–Kier alpha value is -2.62. The van der Waals surface area contributed by atoms with Crippen LogP contribution in [0, 0.1) is 6.92 Å². The Balaban J connectivity index is 1.82. The SMILES string of the molecule is CCN(C(=O)Cc1ccc2nc(C)[nH]c2c1)c1ccccc1. The van der Waals surface area contributed by atoms with E-state index < -0.39 is 0 Å². The van der Waals surface area contributed by atoms with Gasteiger partial charge < -0.3 is 9.88 Å². The van der Waals surface area contributed by atoms with Crippen LogP contribution in [0.5, 0.6) is 0 Å². The van der Waals surface area contributed by atoms with Gasteiger partial charge in [-0.15, -0.1) is 0 Å². The second-order valence-electron chi connectivity index (χ2n) is 5.32. The van der Waals surface area contributed by atoms with Crippen molar-refractivity contribution in [2.24, 2.45) is 0 Å². The molecule has 0 radical (unpaired) electrons. The number of nitrogens with one attached hydrogen (secondary N) is 1. The topological polar surface area (TPSA) is 49.0 Å². The number of amides is 1. The number of hydrogen-bond donors (Lipinski definition) is 1. The molecule has 1 heterocycles. The number of carbonyl (C=O) groups excluding carboxylic acids is 1. The van der Waals surface area contributed by atoms with Gasteiger partial charge in [0, 0.05) is 12.2 Å². The van der Waals surface area contributed by atoms with Crippen LogP contribution in [0.3, 0.4) is 0 Å². The second kappa shape index (κ2) is 6.02. The van der Waals surface area contributed by atoms with Crippen LogP contribution in [0.25, 0.3) is 11.0 Å². The maximum atomic E-state index is 12.6. The lowest BCUT2D eigenvalue weighted by Crippen LogP contribution is -2.31. The largest absolute Gasteiger partial charge is 0.342 e. The van der Waals surface area contributed by atoms with Crippen molar-refractivity contribution in [2.75, 3.05) is 11.4 Å². The molecule has 0 atom stereocenters. The average molecular weight is 293 g/mol. The highest BCUT2D eigenvalue weighted by Crippen LogP contribution is 2.17. The van der Waals surface area contributed by atoms with Gasteiger partial charge in [-0.05, 0) is 43.7 Å². The Morgan fingerprint density at radius 2 is 1.95 bits per heavy atom. The van der Waals surface area contributed by atoms with Crippen molar-refractivity contribution in [1.82, 2.24) is 9.97 Å². The second-order valence-corrected chi connectivity index (χ2v) is 5.32. The smallest absolute Gasteiger partial charge is 0.231 e. The summed E-state index contributed by atoms with van der Waals surface area (Å²) in [5.41, 5.74) is 3.85. The minimum Gasteiger partial charge on any atom is -0.342 e. The fraction of sp³-hybridized carbons (Fsp3) is 0.222. The number of H-pyrrole nitrogens is 1. The molecule has 0 saturated heterocycles. The van der Waals surface area contributed by atoms with Crippen molar-refractivity contribution in [1.29, 1.82) is 0 Å². The number of imidazole rings is 1. The number of carbonyl (C=O) groups is 1. The first-order valence-electron chi connectivity index (χ1n) is 7.48. The van der Waals surface area contributed by atoms with Crippen molar-refractivity contribution >= 4 is 22.6 Å². The quantitative estimate of drug-likeness (QED) is 0.800. The van der Waals surface area contributed by atoms with Crippen molar-refractivity contribution in [3.05, 3.63) is 59.9 Å². The van der Waals surface area contributed by atoms with E-state index in [1.54, 1.807) is 0 Å². The first-order valence-corrected chi connectivity index (χ1v) is 7.48. The number of aromatic amines is 1. The van der Waals surface area contributed by atoms with Gasteiger partial charge in [0.1, 0.15) is 5.82 Å². The Morgan fingerprint density at radius 3 is 2.68 bits per heavy atom. The number of rotatable bonds is 4. The van der Waals surface area contributed by atoms with Gasteiger partial charge in [0.05, 0.1) is 17.5 Å². The number of hydrogen-bond acceptors (Lipinski definition) is 2. The number of likely N-dealkylation sites (N-methyl/N-ethyl adjacent to an activating group) is 1. The number of anilines is 1. The summed E-state index contributed by atoms with van der Waals surface area (Å²) in [6.45, 7) is 4.58. The molecule has 0 unspecified atom stereocenters. The third kappa shape index (κ3) is 2.86. The molecular weight excluding hydrogens is 274 g/mol. The number of fused-ring (bicyclic) bond motifs is 1. The molecule has 112 valence electrons. The van der Waals surface area contributed by atoms with Gasteiger partial charge in [0.25, 0.3) is 0 Å². The van der Waals surface area contributed by atoms with E-state index in [1.165, 1.54) is 0 Å². The fourth-order valence-corrected chi connectivity index (χ4v) is 2.68. The molecular formula is C18H19N3O. The summed E-state index contributed by atoms with van der Waals surface area (Å²) in [7, 11) is 0. The molecule has 3 rings (SSSR count). The molecule has 0 fully saturated rings. The molecule has 2 aromatic carbocycles. The standard InChI is InChI=1S/C18H19N3O/c1-3-21(15-7-5-4-6-8-15)18(22)12-14-9-10-16-17(11-14)20-13(2)19-16/h4-11H,3,12H2,1-2H3,(H,19,20). The van der Waals surface area contributed by atoms with Crippen LogP contribution in [0.2, 0.25) is 0 Å². The van der Waals surface area contributed by atoms with Crippen LogP contribution in [0.4, 0.5) is 5.69 Å². The molecule has 0 aliphatic heterocycles. The lowest BCUT2D eigenvalue weighted by Gasteiger charge is -2.21. The lowest BCUT2D eigenvalue weighted by molar-refractivity contribution is -0.117. The summed E-state index contributed by atoms with van der Waals surface area (Å²) in [6.07, 6.45) is 0.386. The van der Waals surface area contributed by atoms with Crippen LogP contribution in [-0.4, -0.2) is 22.4 Å². The normalized spacial score (nSPS) is 10.8. The maximum Gasteiger partial charge on any atom is 0.231 e. The highest BCUT2D eigenvalue weighted by molar-refractivity contribution is 5.95. The zero-order valence-electron chi connectivity index (χ0n) is 12.8. The van der Waals surface area contributed by atoms with E-state index in [0.717, 1.165) is 28.1 Å². The zero-order chi connectivity index (χ0) is 15.5. The van der Waals surface area contributed by atoms with Gasteiger partial charge in [0.15, 0.2) is 0 Å². The number of aromatic nitrogens is 2. The first-order chi connectivity index (χ1) is 10.7. The highest BCUT2D eigenvalue weighted by Gasteiger charge is 2.14. The minimum absolute atomic E-state index is 0.101. The summed E-state index contributed by atoms with van der Waals surface area (Å²) in [5, 5.41) is 0. The molecule has 1 aromatic heterocycles. The molecule has 1 amide bonds. The van der Waals surface area contributed by atoms with Crippen LogP contribution in [0.15, 0.2) is 48.5 Å². The van der Waals surface area contributed by atoms with Gasteiger partial charge in [-0.2, -0.15) is 0 Å². The van der Waals surface area contributed by atoms with E-state index in [4.69, 9.17) is 0 Å². The summed E-state index contributed by atoms with van der Waals surface area (Å²) in [5.74, 6) is 0.988. The molecule has 4 heteroatoms. The van der Waals surface area contributed by atoms with E-state index in [2.05, 4.69) is 9.97 Å². The highest BCUT2D eigenvalue weighted by atomic mass is 16.2. The third-order valence-corrected chi connectivity index (χ3v) is 3.71. The molecule has 0 spiro atoms. The predicted octanol–water partition coefficient (Wildman–Crippen LogP) is 3.47. The molecule has 4 nitrogen and oxygen atoms in total. The van der Waals surface area contributed by atoms with Crippen LogP contribution in [-0.2, 0) is 11.2 Å². The van der Waals surface area contributed by atoms with E-state index in [9.17, 15) is 4.79 Å². The van der Waals surface area contributed by atoms with E-state index >= 15 is 0 Å². The number of aryl methyl sites for hydroxylation is 1. The summed E-state index contributed by atoms with van der Waals surface area (Å²) < 4.78 is 0. The Bertz CT molecular complexity index is 792. The van der Waals surface area contributed by atoms with Gasteiger partial charge in [-0.3, -0.25) is 4.79 Å². The Labute approximate surface area is 129 Å². The van der Waals surface area contributed by atoms with Crippen molar-refractivity contribution < 1.29 is 4.79 Å². The summed E-state index contributed by atoms with van der Waals surface area (Å²) in [4.78, 5) is 22.0. The fourth-order valence-electron chi connectivity index (χ4n) is 2.68. The molecule has 1 N–H and O–H groups in total. The first kappa shape index (κ1) is 14.3. The van der Waals surface area contributed by atoms with Crippen LogP contribution >= 0.6 is 0 Å². The summed E-state index contributed by atoms with van der Waals surface area (Å²) >= 11 is 0. The Morgan fingerprint density at radius 1 is 1.18 bits per heavy atom. The van der Waals surface area contributed by atoms with Crippen molar-refractivity contribution in [3.63, 3.8) is 0 Å². The molecule has 0 bridgehead atoms. The molecule has 22 heavy (non-hydrogen) atoms. The summed E-state index contributed by atoms with van der Waals surface area (Å²) in [6, 6.07) is 15.7. The Kier molecular flexibility index (Phi) is 3.92. The van der Waals surface area contributed by atoms with Gasteiger partial charge in [-0.1, -0.05) is 24.3 Å². The molecule has 0 aliphatic rings. The number of para-hydroxylation sites is 1.